The van der Waals surface area contributed by atoms with Gasteiger partial charge in [-0.2, -0.15) is 0 Å². The molecule has 104 valence electrons. The fourth-order valence-corrected chi connectivity index (χ4v) is 2.01. The van der Waals surface area contributed by atoms with Crippen molar-refractivity contribution >= 4 is 12.0 Å². The highest BCUT2D eigenvalue weighted by molar-refractivity contribution is 5.72. The topological polar surface area (TPSA) is 26.3 Å². The van der Waals surface area contributed by atoms with Gasteiger partial charge in [0.25, 0.3) is 0 Å². The van der Waals surface area contributed by atoms with Crippen LogP contribution >= 0.6 is 0 Å². The first-order valence-corrected chi connectivity index (χ1v) is 6.57. The van der Waals surface area contributed by atoms with E-state index in [1.165, 1.54) is 0 Å². The van der Waals surface area contributed by atoms with E-state index in [2.05, 4.69) is 6.58 Å². The second-order valence-electron chi connectivity index (χ2n) is 4.61. The molecule has 1 aromatic carbocycles. The second-order valence-corrected chi connectivity index (χ2v) is 4.61. The fraction of sp³-hybridized carbons (Fsp3) is 0.438. The predicted octanol–water partition coefficient (Wildman–Crippen LogP) is 3.97. The molecule has 1 rings (SSSR count). The Kier molecular flexibility index (Phi) is 6.26. The van der Waals surface area contributed by atoms with Gasteiger partial charge in [0.15, 0.2) is 0 Å². The zero-order chi connectivity index (χ0) is 14.3. The lowest BCUT2D eigenvalue weighted by atomic mass is 9.90. The Morgan fingerprint density at radius 1 is 1.42 bits per heavy atom. The van der Waals surface area contributed by atoms with Crippen LogP contribution in [0.3, 0.4) is 0 Å². The highest BCUT2D eigenvalue weighted by atomic mass is 19.1. The lowest BCUT2D eigenvalue weighted by Gasteiger charge is -2.17. The van der Waals surface area contributed by atoms with E-state index >= 15 is 0 Å². The van der Waals surface area contributed by atoms with Crippen LogP contribution in [0, 0.1) is 5.92 Å². The SMILES string of the molecule is C=Cc1ccc(C(C)CC(CF)C(=O)OCC)cc1. The first-order valence-electron chi connectivity index (χ1n) is 6.57. The summed E-state index contributed by atoms with van der Waals surface area (Å²) in [5, 5.41) is 0. The predicted molar refractivity (Wildman–Crippen MR) is 75.7 cm³/mol. The Hall–Kier alpha value is -1.64. The number of benzene rings is 1. The van der Waals surface area contributed by atoms with E-state index in [1.807, 2.05) is 31.2 Å². The lowest BCUT2D eigenvalue weighted by Crippen LogP contribution is -2.21. The summed E-state index contributed by atoms with van der Waals surface area (Å²) in [5.74, 6) is -1.00. The number of carbonyl (C=O) groups is 1. The van der Waals surface area contributed by atoms with E-state index < -0.39 is 18.6 Å². The van der Waals surface area contributed by atoms with Gasteiger partial charge in [0.1, 0.15) is 6.67 Å². The molecule has 0 saturated heterocycles. The van der Waals surface area contributed by atoms with Crippen molar-refractivity contribution in [2.24, 2.45) is 5.92 Å². The summed E-state index contributed by atoms with van der Waals surface area (Å²) >= 11 is 0. The maximum atomic E-state index is 12.9. The van der Waals surface area contributed by atoms with Crippen molar-refractivity contribution in [1.82, 2.24) is 0 Å². The van der Waals surface area contributed by atoms with E-state index in [4.69, 9.17) is 4.74 Å². The van der Waals surface area contributed by atoms with E-state index in [-0.39, 0.29) is 12.5 Å². The van der Waals surface area contributed by atoms with E-state index in [9.17, 15) is 9.18 Å². The van der Waals surface area contributed by atoms with Gasteiger partial charge < -0.3 is 4.74 Å². The molecule has 0 aliphatic rings. The summed E-state index contributed by atoms with van der Waals surface area (Å²) in [6.45, 7) is 7.03. The summed E-state index contributed by atoms with van der Waals surface area (Å²) in [6, 6.07) is 7.91. The van der Waals surface area contributed by atoms with Gasteiger partial charge in [-0.05, 0) is 30.4 Å². The number of halogens is 1. The van der Waals surface area contributed by atoms with Crippen LogP contribution in [0.4, 0.5) is 4.39 Å². The van der Waals surface area contributed by atoms with Crippen LogP contribution < -0.4 is 0 Å². The molecule has 0 saturated carbocycles. The Balaban J connectivity index is 2.67. The first kappa shape index (κ1) is 15.4. The second kappa shape index (κ2) is 7.72. The molecule has 0 aromatic heterocycles. The lowest BCUT2D eigenvalue weighted by molar-refractivity contribution is -0.148. The minimum atomic E-state index is -0.673. The van der Waals surface area contributed by atoms with E-state index in [1.54, 1.807) is 13.0 Å². The number of hydrogen-bond acceptors (Lipinski definition) is 2. The molecule has 1 aromatic rings. The molecule has 19 heavy (non-hydrogen) atoms. The summed E-state index contributed by atoms with van der Waals surface area (Å²) in [4.78, 5) is 11.6. The van der Waals surface area contributed by atoms with Gasteiger partial charge in [0, 0.05) is 0 Å². The molecular weight excluding hydrogens is 243 g/mol. The zero-order valence-electron chi connectivity index (χ0n) is 11.6. The third kappa shape index (κ3) is 4.51. The van der Waals surface area contributed by atoms with Gasteiger partial charge in [-0.15, -0.1) is 0 Å². The van der Waals surface area contributed by atoms with E-state index in [0.717, 1.165) is 11.1 Å². The number of alkyl halides is 1. The molecule has 2 atom stereocenters. The summed E-state index contributed by atoms with van der Waals surface area (Å²) in [5.41, 5.74) is 2.14. The third-order valence-electron chi connectivity index (χ3n) is 3.19. The van der Waals surface area contributed by atoms with Gasteiger partial charge in [0.2, 0.25) is 0 Å². The number of carbonyl (C=O) groups excluding carboxylic acids is 1. The average Bonchev–Trinajstić information content (AvgIpc) is 2.44. The molecule has 0 bridgehead atoms. The molecule has 0 N–H and O–H groups in total. The van der Waals surface area contributed by atoms with Crippen molar-refractivity contribution in [2.75, 3.05) is 13.3 Å². The molecular formula is C16H21FO2. The molecule has 2 nitrogen and oxygen atoms in total. The van der Waals surface area contributed by atoms with Crippen molar-refractivity contribution in [1.29, 1.82) is 0 Å². The molecule has 0 aliphatic carbocycles. The maximum absolute atomic E-state index is 12.9. The van der Waals surface area contributed by atoms with Crippen LogP contribution in [0.5, 0.6) is 0 Å². The van der Waals surface area contributed by atoms with Crippen molar-refractivity contribution in [3.8, 4) is 0 Å². The highest BCUT2D eigenvalue weighted by Gasteiger charge is 2.22. The third-order valence-corrected chi connectivity index (χ3v) is 3.19. The van der Waals surface area contributed by atoms with Gasteiger partial charge in [-0.3, -0.25) is 9.18 Å². The first-order chi connectivity index (χ1) is 9.12. The van der Waals surface area contributed by atoms with E-state index in [0.29, 0.717) is 6.42 Å². The van der Waals surface area contributed by atoms with Crippen molar-refractivity contribution in [2.45, 2.75) is 26.2 Å². The Bertz CT molecular complexity index is 411. The molecule has 0 spiro atoms. The fourth-order valence-electron chi connectivity index (χ4n) is 2.01. The minimum Gasteiger partial charge on any atom is -0.466 e. The molecule has 0 aliphatic heterocycles. The number of ether oxygens (including phenoxy) is 1. The van der Waals surface area contributed by atoms with Crippen LogP contribution in [0.1, 0.15) is 37.3 Å². The summed E-state index contributed by atoms with van der Waals surface area (Å²) in [6.07, 6.45) is 2.24. The minimum absolute atomic E-state index is 0.115. The molecule has 0 heterocycles. The quantitative estimate of drug-likeness (QED) is 0.696. The molecule has 0 fully saturated rings. The van der Waals surface area contributed by atoms with Gasteiger partial charge in [-0.1, -0.05) is 43.8 Å². The van der Waals surface area contributed by atoms with Crippen LogP contribution in [0.25, 0.3) is 6.08 Å². The van der Waals surface area contributed by atoms with Crippen molar-refractivity contribution in [3.63, 3.8) is 0 Å². The normalized spacial score (nSPS) is 13.6. The van der Waals surface area contributed by atoms with Gasteiger partial charge in [0.05, 0.1) is 12.5 Å². The average molecular weight is 264 g/mol. The van der Waals surface area contributed by atoms with Crippen LogP contribution in [0.2, 0.25) is 0 Å². The summed E-state index contributed by atoms with van der Waals surface area (Å²) < 4.78 is 17.8. The maximum Gasteiger partial charge on any atom is 0.311 e. The molecule has 0 radical (unpaired) electrons. The van der Waals surface area contributed by atoms with Crippen LogP contribution in [0.15, 0.2) is 30.8 Å². The zero-order valence-corrected chi connectivity index (χ0v) is 11.6. The van der Waals surface area contributed by atoms with Crippen molar-refractivity contribution < 1.29 is 13.9 Å². The number of esters is 1. The van der Waals surface area contributed by atoms with Gasteiger partial charge in [-0.25, -0.2) is 0 Å². The molecule has 2 unspecified atom stereocenters. The number of rotatable bonds is 7. The van der Waals surface area contributed by atoms with Gasteiger partial charge >= 0.3 is 5.97 Å². The summed E-state index contributed by atoms with van der Waals surface area (Å²) in [7, 11) is 0. The molecule has 3 heteroatoms. The Labute approximate surface area is 114 Å². The highest BCUT2D eigenvalue weighted by Crippen LogP contribution is 2.25. The standard InChI is InChI=1S/C16H21FO2/c1-4-13-6-8-14(9-7-13)12(3)10-15(11-17)16(18)19-5-2/h4,6-9,12,15H,1,5,10-11H2,2-3H3. The van der Waals surface area contributed by atoms with Crippen LogP contribution in [-0.2, 0) is 9.53 Å². The Morgan fingerprint density at radius 2 is 2.05 bits per heavy atom. The number of hydrogen-bond donors (Lipinski definition) is 0. The largest absolute Gasteiger partial charge is 0.466 e. The molecule has 0 amide bonds. The van der Waals surface area contributed by atoms with Crippen molar-refractivity contribution in [3.05, 3.63) is 42.0 Å². The monoisotopic (exact) mass is 264 g/mol. The smallest absolute Gasteiger partial charge is 0.311 e. The van der Waals surface area contributed by atoms with Crippen LogP contribution in [-0.4, -0.2) is 19.3 Å². The Morgan fingerprint density at radius 3 is 2.53 bits per heavy atom.